The molecule has 1 amide bonds. The van der Waals surface area contributed by atoms with Gasteiger partial charge in [0.15, 0.2) is 11.5 Å². The van der Waals surface area contributed by atoms with Crippen molar-refractivity contribution in [1.82, 2.24) is 10.2 Å². The molecule has 0 radical (unpaired) electrons. The zero-order valence-corrected chi connectivity index (χ0v) is 18.9. The van der Waals surface area contributed by atoms with Crippen LogP contribution >= 0.6 is 11.3 Å². The summed E-state index contributed by atoms with van der Waals surface area (Å²) >= 11 is 1.61. The number of methoxy groups -OCH3 is 2. The number of nitrogens with zero attached hydrogens (tertiary/aromatic N) is 2. The lowest BCUT2D eigenvalue weighted by atomic mass is 10.1. The van der Waals surface area contributed by atoms with Crippen molar-refractivity contribution in [2.24, 2.45) is 0 Å². The molecule has 1 aromatic carbocycles. The summed E-state index contributed by atoms with van der Waals surface area (Å²) in [7, 11) is 2.94. The number of thiophene rings is 1. The van der Waals surface area contributed by atoms with Crippen molar-refractivity contribution in [2.45, 2.75) is 6.04 Å². The Labute approximate surface area is 190 Å². The molecule has 3 rings (SSSR count). The average molecular weight is 466 g/mol. The zero-order chi connectivity index (χ0) is 22.9. The van der Waals surface area contributed by atoms with Gasteiger partial charge in [-0.05, 0) is 11.4 Å². The van der Waals surface area contributed by atoms with E-state index in [4.69, 9.17) is 18.9 Å². The Hall–Kier alpha value is -2.73. The van der Waals surface area contributed by atoms with Gasteiger partial charge in [0, 0.05) is 37.7 Å². The number of carbonyl (C=O) groups is 1. The van der Waals surface area contributed by atoms with Gasteiger partial charge in [0.05, 0.1) is 44.0 Å². The molecule has 0 bridgehead atoms. The van der Waals surface area contributed by atoms with Gasteiger partial charge in [-0.25, -0.2) is 0 Å². The highest BCUT2D eigenvalue weighted by Crippen LogP contribution is 2.35. The number of morpholine rings is 1. The maximum absolute atomic E-state index is 13.0. The Morgan fingerprint density at radius 1 is 1.28 bits per heavy atom. The Bertz CT molecular complexity index is 901. The van der Waals surface area contributed by atoms with E-state index >= 15 is 0 Å². The molecule has 1 unspecified atom stereocenters. The highest BCUT2D eigenvalue weighted by molar-refractivity contribution is 7.10. The molecule has 1 N–H and O–H groups in total. The molecule has 0 aliphatic carbocycles. The van der Waals surface area contributed by atoms with Gasteiger partial charge in [0.1, 0.15) is 12.2 Å². The first-order valence-electron chi connectivity index (χ1n) is 10.2. The third kappa shape index (κ3) is 5.94. The van der Waals surface area contributed by atoms with Gasteiger partial charge in [-0.3, -0.25) is 19.8 Å². The van der Waals surface area contributed by atoms with Crippen LogP contribution in [0.25, 0.3) is 0 Å². The lowest BCUT2D eigenvalue weighted by Crippen LogP contribution is -2.43. The number of hydrogen-bond acceptors (Lipinski definition) is 9. The molecule has 2 aromatic rings. The number of ether oxygens (including phenoxy) is 4. The molecule has 1 atom stereocenters. The van der Waals surface area contributed by atoms with Gasteiger partial charge in [-0.2, -0.15) is 0 Å². The monoisotopic (exact) mass is 465 g/mol. The van der Waals surface area contributed by atoms with E-state index in [1.807, 2.05) is 17.5 Å². The van der Waals surface area contributed by atoms with E-state index in [1.54, 1.807) is 11.3 Å². The quantitative estimate of drug-likeness (QED) is 0.306. The fourth-order valence-electron chi connectivity index (χ4n) is 3.45. The molecule has 0 spiro atoms. The van der Waals surface area contributed by atoms with Crippen molar-refractivity contribution in [1.29, 1.82) is 0 Å². The first-order valence-corrected chi connectivity index (χ1v) is 11.0. The van der Waals surface area contributed by atoms with Gasteiger partial charge in [0.2, 0.25) is 0 Å². The van der Waals surface area contributed by atoms with Gasteiger partial charge < -0.3 is 24.3 Å². The lowest BCUT2D eigenvalue weighted by molar-refractivity contribution is -0.385. The fraction of sp³-hybridized carbons (Fsp3) is 0.476. The summed E-state index contributed by atoms with van der Waals surface area (Å²) in [6.07, 6.45) is 0. The van der Waals surface area contributed by atoms with E-state index < -0.39 is 10.8 Å². The van der Waals surface area contributed by atoms with Crippen LogP contribution in [0.2, 0.25) is 0 Å². The van der Waals surface area contributed by atoms with Crippen LogP contribution in [0, 0.1) is 10.1 Å². The third-order valence-corrected chi connectivity index (χ3v) is 6.06. The standard InChI is InChI=1S/C21H27N3O7S/c1-28-9-10-31-19-13-16(24(26)27)15(12-18(19)29-2)21(25)22-14-17(20-4-3-11-32-20)23-5-7-30-8-6-23/h3-4,11-13,17H,5-10,14H2,1-2H3,(H,22,25). The Morgan fingerprint density at radius 3 is 2.69 bits per heavy atom. The largest absolute Gasteiger partial charge is 0.493 e. The smallest absolute Gasteiger partial charge is 0.286 e. The Balaban J connectivity index is 1.79. The summed E-state index contributed by atoms with van der Waals surface area (Å²) < 4.78 is 21.2. The van der Waals surface area contributed by atoms with Gasteiger partial charge in [-0.1, -0.05) is 6.07 Å². The number of nitro groups is 1. The van der Waals surface area contributed by atoms with Crippen molar-refractivity contribution in [3.05, 3.63) is 50.2 Å². The molecule has 1 aliphatic rings. The molecule has 10 nitrogen and oxygen atoms in total. The van der Waals surface area contributed by atoms with E-state index in [9.17, 15) is 14.9 Å². The first-order chi connectivity index (χ1) is 15.5. The third-order valence-electron chi connectivity index (χ3n) is 5.08. The highest BCUT2D eigenvalue weighted by Gasteiger charge is 2.28. The topological polar surface area (TPSA) is 112 Å². The van der Waals surface area contributed by atoms with Crippen molar-refractivity contribution >= 4 is 22.9 Å². The van der Waals surface area contributed by atoms with Crippen LogP contribution in [-0.2, 0) is 9.47 Å². The molecule has 1 saturated heterocycles. The van der Waals surface area contributed by atoms with Gasteiger partial charge in [-0.15, -0.1) is 11.3 Å². The SMILES string of the molecule is COCCOc1cc([N+](=O)[O-])c(C(=O)NCC(c2cccs2)N2CCOCC2)cc1OC. The van der Waals surface area contributed by atoms with E-state index in [0.717, 1.165) is 18.0 Å². The normalized spacial score (nSPS) is 15.2. The second-order valence-electron chi connectivity index (χ2n) is 7.01. The molecular formula is C21H27N3O7S. The molecule has 0 saturated carbocycles. The lowest BCUT2D eigenvalue weighted by Gasteiger charge is -2.34. The number of carbonyl (C=O) groups excluding carboxylic acids is 1. The Kier molecular flexibility index (Phi) is 8.80. The van der Waals surface area contributed by atoms with Crippen LogP contribution in [0.1, 0.15) is 21.3 Å². The van der Waals surface area contributed by atoms with Crippen LogP contribution in [0.3, 0.4) is 0 Å². The predicted octanol–water partition coefficient (Wildman–Crippen LogP) is 2.49. The van der Waals surface area contributed by atoms with E-state index in [1.165, 1.54) is 26.4 Å². The first kappa shape index (κ1) is 23.9. The highest BCUT2D eigenvalue weighted by atomic mass is 32.1. The van der Waals surface area contributed by atoms with Crippen molar-refractivity contribution in [2.75, 3.05) is 60.3 Å². The Morgan fingerprint density at radius 2 is 2.06 bits per heavy atom. The van der Waals surface area contributed by atoms with Crippen LogP contribution in [0.15, 0.2) is 29.6 Å². The summed E-state index contributed by atoms with van der Waals surface area (Å²) in [5, 5.41) is 16.5. The summed E-state index contributed by atoms with van der Waals surface area (Å²) in [6, 6.07) is 6.49. The summed E-state index contributed by atoms with van der Waals surface area (Å²) in [4.78, 5) is 27.4. The molecule has 32 heavy (non-hydrogen) atoms. The number of nitrogens with one attached hydrogen (secondary N) is 1. The van der Waals surface area contributed by atoms with Crippen LogP contribution in [0.4, 0.5) is 5.69 Å². The van der Waals surface area contributed by atoms with Gasteiger partial charge in [0.25, 0.3) is 11.6 Å². The molecule has 11 heteroatoms. The predicted molar refractivity (Wildman–Crippen MR) is 119 cm³/mol. The van der Waals surface area contributed by atoms with Crippen LogP contribution in [-0.4, -0.2) is 76.0 Å². The molecular weight excluding hydrogens is 438 g/mol. The molecule has 2 heterocycles. The van der Waals surface area contributed by atoms with Crippen molar-refractivity contribution < 1.29 is 28.7 Å². The molecule has 1 aromatic heterocycles. The fourth-order valence-corrected chi connectivity index (χ4v) is 4.31. The van der Waals surface area contributed by atoms with Crippen LogP contribution < -0.4 is 14.8 Å². The average Bonchev–Trinajstić information content (AvgIpc) is 3.34. The minimum absolute atomic E-state index is 0.0412. The summed E-state index contributed by atoms with van der Waals surface area (Å²) in [5.41, 5.74) is -0.437. The number of rotatable bonds is 11. The number of nitro benzene ring substituents is 1. The maximum Gasteiger partial charge on any atom is 0.286 e. The van der Waals surface area contributed by atoms with Gasteiger partial charge >= 0.3 is 0 Å². The second-order valence-corrected chi connectivity index (χ2v) is 7.99. The summed E-state index contributed by atoms with van der Waals surface area (Å²) in [6.45, 7) is 3.57. The summed E-state index contributed by atoms with van der Waals surface area (Å²) in [5.74, 6) is -0.134. The minimum Gasteiger partial charge on any atom is -0.493 e. The van der Waals surface area contributed by atoms with Crippen molar-refractivity contribution in [3.8, 4) is 11.5 Å². The molecule has 1 fully saturated rings. The second kappa shape index (κ2) is 11.8. The number of amides is 1. The number of benzene rings is 1. The van der Waals surface area contributed by atoms with Crippen molar-refractivity contribution in [3.63, 3.8) is 0 Å². The van der Waals surface area contributed by atoms with E-state index in [0.29, 0.717) is 26.4 Å². The maximum atomic E-state index is 13.0. The van der Waals surface area contributed by atoms with Crippen LogP contribution in [0.5, 0.6) is 11.5 Å². The molecule has 1 aliphatic heterocycles. The zero-order valence-electron chi connectivity index (χ0n) is 18.1. The van der Waals surface area contributed by atoms with E-state index in [-0.39, 0.29) is 35.4 Å². The molecule has 174 valence electrons. The minimum atomic E-state index is -0.601. The van der Waals surface area contributed by atoms with E-state index in [2.05, 4.69) is 10.2 Å². The number of hydrogen-bond donors (Lipinski definition) is 1.